The molecule has 0 amide bonds. The third-order valence-electron chi connectivity index (χ3n) is 2.77. The number of morpholine rings is 1. The summed E-state index contributed by atoms with van der Waals surface area (Å²) >= 11 is 0. The zero-order chi connectivity index (χ0) is 14.0. The number of aromatic carboxylic acids is 1. The second kappa shape index (κ2) is 5.24. The van der Waals surface area contributed by atoms with Crippen molar-refractivity contribution in [3.8, 4) is 0 Å². The van der Waals surface area contributed by atoms with Gasteiger partial charge in [-0.15, -0.1) is 0 Å². The summed E-state index contributed by atoms with van der Waals surface area (Å²) < 4.78 is 44.3. The van der Waals surface area contributed by atoms with Gasteiger partial charge in [-0.25, -0.2) is 17.6 Å². The van der Waals surface area contributed by atoms with E-state index in [2.05, 4.69) is 0 Å². The Bertz CT molecular complexity index is 595. The summed E-state index contributed by atoms with van der Waals surface area (Å²) in [5, 5.41) is 8.71. The number of hydrogen-bond donors (Lipinski definition) is 1. The van der Waals surface area contributed by atoms with E-state index in [1.807, 2.05) is 0 Å². The number of rotatable bonds is 3. The van der Waals surface area contributed by atoms with Gasteiger partial charge in [0.25, 0.3) is 0 Å². The summed E-state index contributed by atoms with van der Waals surface area (Å²) in [5.74, 6) is -2.37. The first-order valence-corrected chi connectivity index (χ1v) is 6.97. The van der Waals surface area contributed by atoms with E-state index in [1.54, 1.807) is 0 Å². The molecule has 1 aromatic rings. The van der Waals surface area contributed by atoms with Gasteiger partial charge in [-0.2, -0.15) is 4.31 Å². The monoisotopic (exact) mass is 289 g/mol. The number of carboxylic acid groups (broad SMARTS) is 1. The molecule has 0 spiro atoms. The Morgan fingerprint density at radius 1 is 1.32 bits per heavy atom. The number of ether oxygens (including phenoxy) is 1. The standard InChI is InChI=1S/C11H12FNO5S/c12-9-7-8(11(14)15)1-2-10(9)19(16,17)13-3-5-18-6-4-13/h1-2,7H,3-6H2,(H,14,15). The van der Waals surface area contributed by atoms with Gasteiger partial charge in [-0.1, -0.05) is 0 Å². The summed E-state index contributed by atoms with van der Waals surface area (Å²) in [5.41, 5.74) is -0.293. The molecule has 0 atom stereocenters. The Morgan fingerprint density at radius 2 is 1.95 bits per heavy atom. The molecule has 1 saturated heterocycles. The lowest BCUT2D eigenvalue weighted by atomic mass is 10.2. The molecule has 8 heteroatoms. The molecule has 1 aromatic carbocycles. The van der Waals surface area contributed by atoms with Crippen molar-refractivity contribution in [3.05, 3.63) is 29.6 Å². The highest BCUT2D eigenvalue weighted by molar-refractivity contribution is 7.89. The maximum Gasteiger partial charge on any atom is 0.335 e. The molecule has 1 heterocycles. The van der Waals surface area contributed by atoms with Crippen molar-refractivity contribution in [1.29, 1.82) is 0 Å². The minimum Gasteiger partial charge on any atom is -0.478 e. The normalized spacial score (nSPS) is 17.3. The van der Waals surface area contributed by atoms with Crippen molar-refractivity contribution in [3.63, 3.8) is 0 Å². The Morgan fingerprint density at radius 3 is 2.47 bits per heavy atom. The SMILES string of the molecule is O=C(O)c1ccc(S(=O)(=O)N2CCOCC2)c(F)c1. The van der Waals surface area contributed by atoms with Crippen molar-refractivity contribution < 1.29 is 27.4 Å². The summed E-state index contributed by atoms with van der Waals surface area (Å²) in [4.78, 5) is 10.2. The van der Waals surface area contributed by atoms with Gasteiger partial charge < -0.3 is 9.84 Å². The fourth-order valence-electron chi connectivity index (χ4n) is 1.77. The van der Waals surface area contributed by atoms with E-state index in [-0.39, 0.29) is 31.9 Å². The molecule has 1 N–H and O–H groups in total. The molecule has 0 radical (unpaired) electrons. The van der Waals surface area contributed by atoms with E-state index in [0.717, 1.165) is 16.4 Å². The molecule has 1 aliphatic rings. The molecule has 6 nitrogen and oxygen atoms in total. The highest BCUT2D eigenvalue weighted by Crippen LogP contribution is 2.21. The summed E-state index contributed by atoms with van der Waals surface area (Å²) in [6.07, 6.45) is 0. The van der Waals surface area contributed by atoms with Crippen LogP contribution in [0.4, 0.5) is 4.39 Å². The number of halogens is 1. The van der Waals surface area contributed by atoms with E-state index >= 15 is 0 Å². The first-order valence-electron chi connectivity index (χ1n) is 5.53. The highest BCUT2D eigenvalue weighted by Gasteiger charge is 2.29. The lowest BCUT2D eigenvalue weighted by molar-refractivity contribution is 0.0696. The van der Waals surface area contributed by atoms with Crippen LogP contribution in [0.15, 0.2) is 23.1 Å². The second-order valence-electron chi connectivity index (χ2n) is 3.97. The van der Waals surface area contributed by atoms with Gasteiger partial charge in [0.05, 0.1) is 18.8 Å². The number of carboxylic acids is 1. The average Bonchev–Trinajstić information content (AvgIpc) is 2.39. The maximum absolute atomic E-state index is 13.8. The smallest absolute Gasteiger partial charge is 0.335 e. The van der Waals surface area contributed by atoms with Crippen LogP contribution in [0.2, 0.25) is 0 Å². The van der Waals surface area contributed by atoms with Crippen molar-refractivity contribution in [2.75, 3.05) is 26.3 Å². The molecule has 0 bridgehead atoms. The van der Waals surface area contributed by atoms with E-state index in [0.29, 0.717) is 6.07 Å². The Balaban J connectivity index is 2.37. The molecule has 0 aromatic heterocycles. The fraction of sp³-hybridized carbons (Fsp3) is 0.364. The van der Waals surface area contributed by atoms with Crippen molar-refractivity contribution in [2.45, 2.75) is 4.90 Å². The van der Waals surface area contributed by atoms with Crippen LogP contribution in [0.1, 0.15) is 10.4 Å². The highest BCUT2D eigenvalue weighted by atomic mass is 32.2. The third-order valence-corrected chi connectivity index (χ3v) is 4.70. The van der Waals surface area contributed by atoms with Crippen LogP contribution in [-0.4, -0.2) is 50.1 Å². The van der Waals surface area contributed by atoms with Crippen LogP contribution in [0.5, 0.6) is 0 Å². The number of sulfonamides is 1. The van der Waals surface area contributed by atoms with Gasteiger partial charge in [-0.05, 0) is 18.2 Å². The van der Waals surface area contributed by atoms with E-state index in [4.69, 9.17) is 9.84 Å². The first kappa shape index (κ1) is 13.9. The van der Waals surface area contributed by atoms with Crippen LogP contribution < -0.4 is 0 Å². The lowest BCUT2D eigenvalue weighted by Crippen LogP contribution is -2.40. The van der Waals surface area contributed by atoms with Crippen LogP contribution in [0.25, 0.3) is 0 Å². The topological polar surface area (TPSA) is 83.9 Å². The maximum atomic E-state index is 13.8. The number of benzene rings is 1. The molecular weight excluding hydrogens is 277 g/mol. The molecule has 0 unspecified atom stereocenters. The minimum atomic E-state index is -3.95. The zero-order valence-corrected chi connectivity index (χ0v) is 10.7. The number of carbonyl (C=O) groups is 1. The van der Waals surface area contributed by atoms with E-state index in [1.165, 1.54) is 0 Å². The predicted octanol–water partition coefficient (Wildman–Crippen LogP) is 0.545. The largest absolute Gasteiger partial charge is 0.478 e. The van der Waals surface area contributed by atoms with Gasteiger partial charge >= 0.3 is 5.97 Å². The summed E-state index contributed by atoms with van der Waals surface area (Å²) in [6.45, 7) is 0.826. The predicted molar refractivity (Wildman–Crippen MR) is 62.9 cm³/mol. The molecule has 19 heavy (non-hydrogen) atoms. The Labute approximate surface area is 109 Å². The summed E-state index contributed by atoms with van der Waals surface area (Å²) in [7, 11) is -3.95. The molecule has 1 aliphatic heterocycles. The van der Waals surface area contributed by atoms with E-state index in [9.17, 15) is 17.6 Å². The van der Waals surface area contributed by atoms with Crippen molar-refractivity contribution in [2.24, 2.45) is 0 Å². The quantitative estimate of drug-likeness (QED) is 0.878. The van der Waals surface area contributed by atoms with Crippen LogP contribution in [-0.2, 0) is 14.8 Å². The van der Waals surface area contributed by atoms with Crippen LogP contribution >= 0.6 is 0 Å². The fourth-order valence-corrected chi connectivity index (χ4v) is 3.22. The Hall–Kier alpha value is -1.51. The Kier molecular flexibility index (Phi) is 3.83. The molecule has 1 fully saturated rings. The number of nitrogens with zero attached hydrogens (tertiary/aromatic N) is 1. The molecule has 104 valence electrons. The van der Waals surface area contributed by atoms with Crippen LogP contribution in [0, 0.1) is 5.82 Å². The lowest BCUT2D eigenvalue weighted by Gasteiger charge is -2.26. The first-order chi connectivity index (χ1) is 8.93. The third kappa shape index (κ3) is 2.75. The zero-order valence-electron chi connectivity index (χ0n) is 9.87. The van der Waals surface area contributed by atoms with Crippen molar-refractivity contribution in [1.82, 2.24) is 4.31 Å². The van der Waals surface area contributed by atoms with Crippen LogP contribution in [0.3, 0.4) is 0 Å². The molecule has 0 saturated carbocycles. The average molecular weight is 289 g/mol. The minimum absolute atomic E-state index is 0.155. The van der Waals surface area contributed by atoms with Crippen molar-refractivity contribution >= 4 is 16.0 Å². The molecule has 2 rings (SSSR count). The van der Waals surface area contributed by atoms with Gasteiger partial charge in [0.2, 0.25) is 10.0 Å². The second-order valence-corrected chi connectivity index (χ2v) is 5.87. The van der Waals surface area contributed by atoms with Gasteiger partial charge in [0.15, 0.2) is 0 Å². The van der Waals surface area contributed by atoms with Gasteiger partial charge in [-0.3, -0.25) is 0 Å². The van der Waals surface area contributed by atoms with Gasteiger partial charge in [0, 0.05) is 13.1 Å². The molecular formula is C11H12FNO5S. The number of hydrogen-bond acceptors (Lipinski definition) is 4. The summed E-state index contributed by atoms with van der Waals surface area (Å²) in [6, 6.07) is 2.75. The van der Waals surface area contributed by atoms with Gasteiger partial charge in [0.1, 0.15) is 10.7 Å². The molecule has 0 aliphatic carbocycles. The van der Waals surface area contributed by atoms with E-state index < -0.39 is 26.7 Å².